The molecule has 0 aliphatic carbocycles. The van der Waals surface area contributed by atoms with E-state index in [9.17, 15) is 21.6 Å². The monoisotopic (exact) mass is 385 g/mol. The molecule has 1 aliphatic heterocycles. The first-order chi connectivity index (χ1) is 12.2. The van der Waals surface area contributed by atoms with Gasteiger partial charge in [0.15, 0.2) is 0 Å². The van der Waals surface area contributed by atoms with Crippen LogP contribution in [-0.4, -0.2) is 30.4 Å². The van der Waals surface area contributed by atoms with E-state index >= 15 is 0 Å². The van der Waals surface area contributed by atoms with E-state index < -0.39 is 21.4 Å². The second kappa shape index (κ2) is 5.85. The molecule has 0 amide bonds. The Morgan fingerprint density at radius 3 is 2.69 bits per heavy atom. The van der Waals surface area contributed by atoms with Gasteiger partial charge in [0.25, 0.3) is 0 Å². The second-order valence-corrected chi connectivity index (χ2v) is 7.64. The van der Waals surface area contributed by atoms with Gasteiger partial charge in [0.2, 0.25) is 0 Å². The quantitative estimate of drug-likeness (QED) is 0.534. The fourth-order valence-corrected chi connectivity index (χ4v) is 3.56. The van der Waals surface area contributed by atoms with E-state index in [4.69, 9.17) is 0 Å². The minimum absolute atomic E-state index is 0.150. The molecule has 0 radical (unpaired) electrons. The number of hydrogen-bond donors (Lipinski definition) is 2. The summed E-state index contributed by atoms with van der Waals surface area (Å²) in [5.74, 6) is 0.410. The van der Waals surface area contributed by atoms with Gasteiger partial charge in [-0.1, -0.05) is 6.07 Å². The zero-order chi connectivity index (χ0) is 18.5. The smallest absolute Gasteiger partial charge is 0.376 e. The van der Waals surface area contributed by atoms with Crippen molar-refractivity contribution in [2.75, 3.05) is 6.54 Å². The summed E-state index contributed by atoms with van der Waals surface area (Å²) in [6.45, 7) is 0.927. The van der Waals surface area contributed by atoms with Crippen LogP contribution < -0.4 is 9.50 Å². The fraction of sp³-hybridized carbons (Fsp3) is 0.312. The average Bonchev–Trinajstić information content (AvgIpc) is 3.22. The van der Waals surface area contributed by atoms with Crippen LogP contribution in [0.25, 0.3) is 21.8 Å². The summed E-state index contributed by atoms with van der Waals surface area (Å²) in [6, 6.07) is 7.52. The van der Waals surface area contributed by atoms with E-state index in [1.165, 1.54) is 18.2 Å². The molecule has 2 N–H and O–H groups in total. The Morgan fingerprint density at radius 1 is 1.19 bits per heavy atom. The molecule has 0 unspecified atom stereocenters. The van der Waals surface area contributed by atoms with Crippen LogP contribution in [0.2, 0.25) is 0 Å². The fourth-order valence-electron chi connectivity index (χ4n) is 3.11. The van der Waals surface area contributed by atoms with Gasteiger partial charge >= 0.3 is 15.6 Å². The second-order valence-electron chi connectivity index (χ2n) is 6.10. The molecule has 0 saturated carbocycles. The number of nitrogens with zero attached hydrogens (tertiary/aromatic N) is 1. The Kier molecular flexibility index (Phi) is 3.85. The highest BCUT2D eigenvalue weighted by molar-refractivity contribution is 7.88. The summed E-state index contributed by atoms with van der Waals surface area (Å²) in [5, 5.41) is 4.57. The van der Waals surface area contributed by atoms with Crippen LogP contribution in [0.5, 0.6) is 5.75 Å². The molecule has 1 aromatic heterocycles. The molecule has 1 fully saturated rings. The van der Waals surface area contributed by atoms with Crippen molar-refractivity contribution in [1.29, 1.82) is 0 Å². The molecule has 1 aliphatic rings. The molecule has 6 nitrogen and oxygen atoms in total. The van der Waals surface area contributed by atoms with Gasteiger partial charge in [-0.25, -0.2) is 4.98 Å². The molecule has 1 saturated heterocycles. The van der Waals surface area contributed by atoms with Crippen LogP contribution in [0, 0.1) is 0 Å². The molecule has 138 valence electrons. The van der Waals surface area contributed by atoms with E-state index in [1.54, 1.807) is 12.1 Å². The zero-order valence-electron chi connectivity index (χ0n) is 13.3. The molecule has 0 bridgehead atoms. The number of aromatic amines is 1. The summed E-state index contributed by atoms with van der Waals surface area (Å²) >= 11 is 0. The molecular weight excluding hydrogens is 371 g/mol. The number of hydrogen-bond acceptors (Lipinski definition) is 5. The highest BCUT2D eigenvalue weighted by Crippen LogP contribution is 2.32. The third kappa shape index (κ3) is 2.88. The van der Waals surface area contributed by atoms with Crippen molar-refractivity contribution in [2.24, 2.45) is 0 Å². The van der Waals surface area contributed by atoms with E-state index in [1.807, 2.05) is 0 Å². The average molecular weight is 385 g/mol. The first-order valence-electron chi connectivity index (χ1n) is 7.91. The van der Waals surface area contributed by atoms with Gasteiger partial charge in [0.1, 0.15) is 11.6 Å². The van der Waals surface area contributed by atoms with Crippen molar-refractivity contribution in [3.8, 4) is 5.75 Å². The van der Waals surface area contributed by atoms with Gasteiger partial charge in [0, 0.05) is 5.39 Å². The lowest BCUT2D eigenvalue weighted by molar-refractivity contribution is -0.0500. The highest BCUT2D eigenvalue weighted by atomic mass is 32.2. The van der Waals surface area contributed by atoms with Gasteiger partial charge in [-0.3, -0.25) is 0 Å². The molecule has 26 heavy (non-hydrogen) atoms. The molecule has 1 atom stereocenters. The van der Waals surface area contributed by atoms with Crippen molar-refractivity contribution in [2.45, 2.75) is 24.4 Å². The van der Waals surface area contributed by atoms with Crippen molar-refractivity contribution >= 4 is 31.9 Å². The Labute approximate surface area is 146 Å². The van der Waals surface area contributed by atoms with E-state index in [2.05, 4.69) is 19.5 Å². The number of aromatic nitrogens is 2. The van der Waals surface area contributed by atoms with Crippen molar-refractivity contribution < 1.29 is 25.8 Å². The number of imidazole rings is 1. The minimum Gasteiger partial charge on any atom is -0.376 e. The first-order valence-corrected chi connectivity index (χ1v) is 9.32. The normalized spacial score (nSPS) is 18.7. The number of fused-ring (bicyclic) bond motifs is 3. The number of halogens is 3. The van der Waals surface area contributed by atoms with Crippen LogP contribution >= 0.6 is 0 Å². The number of H-pyrrole nitrogens is 1. The molecular formula is C16H14F3N3O3S. The third-order valence-corrected chi connectivity index (χ3v) is 5.32. The lowest BCUT2D eigenvalue weighted by Crippen LogP contribution is -2.28. The van der Waals surface area contributed by atoms with Gasteiger partial charge in [-0.05, 0) is 49.0 Å². The first kappa shape index (κ1) is 17.1. The van der Waals surface area contributed by atoms with Gasteiger partial charge in [-0.2, -0.15) is 21.6 Å². The SMILES string of the molecule is O=S(=O)(Oc1ccc2c(ccc3[nH]c([C@@H]4CCCN4)nc32)c1)C(F)(F)F. The maximum Gasteiger partial charge on any atom is 0.534 e. The van der Waals surface area contributed by atoms with Crippen LogP contribution in [0.4, 0.5) is 13.2 Å². The predicted molar refractivity (Wildman–Crippen MR) is 89.2 cm³/mol. The number of alkyl halides is 3. The lowest BCUT2D eigenvalue weighted by atomic mass is 10.1. The predicted octanol–water partition coefficient (Wildman–Crippen LogP) is 3.37. The zero-order valence-corrected chi connectivity index (χ0v) is 14.1. The van der Waals surface area contributed by atoms with E-state index in [0.717, 1.165) is 30.7 Å². The number of benzene rings is 2. The number of nitrogens with one attached hydrogen (secondary N) is 2. The summed E-state index contributed by atoms with van der Waals surface area (Å²) in [5.41, 5.74) is -3.99. The van der Waals surface area contributed by atoms with E-state index in [-0.39, 0.29) is 6.04 Å². The highest BCUT2D eigenvalue weighted by Gasteiger charge is 2.48. The van der Waals surface area contributed by atoms with Gasteiger partial charge in [0.05, 0.1) is 17.1 Å². The molecule has 3 aromatic rings. The van der Waals surface area contributed by atoms with Crippen molar-refractivity contribution in [3.05, 3.63) is 36.2 Å². The van der Waals surface area contributed by atoms with Crippen molar-refractivity contribution in [1.82, 2.24) is 15.3 Å². The molecule has 4 rings (SSSR count). The Hall–Kier alpha value is -2.33. The Morgan fingerprint density at radius 2 is 2.00 bits per heavy atom. The van der Waals surface area contributed by atoms with E-state index in [0.29, 0.717) is 16.3 Å². The summed E-state index contributed by atoms with van der Waals surface area (Å²) < 4.78 is 63.9. The summed E-state index contributed by atoms with van der Waals surface area (Å²) in [6.07, 6.45) is 2.04. The molecule has 2 heterocycles. The maximum atomic E-state index is 12.5. The van der Waals surface area contributed by atoms with Gasteiger partial charge < -0.3 is 14.5 Å². The molecule has 10 heteroatoms. The van der Waals surface area contributed by atoms with Crippen molar-refractivity contribution in [3.63, 3.8) is 0 Å². The topological polar surface area (TPSA) is 84.1 Å². The number of rotatable bonds is 3. The molecule has 2 aromatic carbocycles. The maximum absolute atomic E-state index is 12.5. The Bertz CT molecular complexity index is 1090. The van der Waals surface area contributed by atoms with Crippen LogP contribution in [0.15, 0.2) is 30.3 Å². The largest absolute Gasteiger partial charge is 0.534 e. The Balaban J connectivity index is 1.74. The third-order valence-electron chi connectivity index (χ3n) is 4.34. The van der Waals surface area contributed by atoms with Gasteiger partial charge in [-0.15, -0.1) is 0 Å². The summed E-state index contributed by atoms with van der Waals surface area (Å²) in [4.78, 5) is 7.86. The summed E-state index contributed by atoms with van der Waals surface area (Å²) in [7, 11) is -5.70. The minimum atomic E-state index is -5.70. The van der Waals surface area contributed by atoms with Crippen LogP contribution in [0.1, 0.15) is 24.7 Å². The lowest BCUT2D eigenvalue weighted by Gasteiger charge is -2.10. The van der Waals surface area contributed by atoms with Crippen LogP contribution in [0.3, 0.4) is 0 Å². The molecule has 0 spiro atoms. The van der Waals surface area contributed by atoms with Crippen LogP contribution in [-0.2, 0) is 10.1 Å². The standard InChI is InChI=1S/C16H14F3N3O3S/c17-16(18,19)26(23,24)25-10-4-5-11-9(8-10)3-6-12-14(11)22-15(21-12)13-2-1-7-20-13/h3-6,8,13,20H,1-2,7H2,(H,21,22)/t13-/m0/s1.